The van der Waals surface area contributed by atoms with Gasteiger partial charge in [0, 0.05) is 33.0 Å². The molecule has 3 aromatic carbocycles. The van der Waals surface area contributed by atoms with Gasteiger partial charge < -0.3 is 5.32 Å². The normalized spacial score (nSPS) is 11.3. The van der Waals surface area contributed by atoms with Crippen LogP contribution in [0.3, 0.4) is 0 Å². The van der Waals surface area contributed by atoms with Crippen LogP contribution in [-0.2, 0) is 20.6 Å². The van der Waals surface area contributed by atoms with Gasteiger partial charge in [-0.25, -0.2) is 8.42 Å². The van der Waals surface area contributed by atoms with Crippen LogP contribution in [0.25, 0.3) is 0 Å². The molecule has 0 radical (unpaired) electrons. The molecule has 5 nitrogen and oxygen atoms in total. The Morgan fingerprint density at radius 1 is 1.00 bits per heavy atom. The minimum Gasteiger partial charge on any atom is -0.354 e. The Labute approximate surface area is 225 Å². The van der Waals surface area contributed by atoms with Crippen molar-refractivity contribution in [2.24, 2.45) is 0 Å². The van der Waals surface area contributed by atoms with Gasteiger partial charge in [0.05, 0.1) is 10.6 Å². The average Bonchev–Trinajstić information content (AvgIpc) is 2.84. The molecule has 0 aliphatic heterocycles. The lowest BCUT2D eigenvalue weighted by atomic mass is 10.2. The van der Waals surface area contributed by atoms with Crippen LogP contribution in [0.15, 0.2) is 76.5 Å². The molecule has 3 rings (SSSR count). The molecule has 1 N–H and O–H groups in total. The van der Waals surface area contributed by atoms with E-state index in [0.29, 0.717) is 33.8 Å². The fraction of sp³-hybridized carbons (Fsp3) is 0.240. The van der Waals surface area contributed by atoms with Crippen LogP contribution in [0, 0.1) is 6.92 Å². The van der Waals surface area contributed by atoms with E-state index in [1.165, 1.54) is 11.8 Å². The Morgan fingerprint density at radius 2 is 1.69 bits per heavy atom. The van der Waals surface area contributed by atoms with Crippen molar-refractivity contribution in [2.75, 3.05) is 29.4 Å². The minimum atomic E-state index is -3.93. The Balaban J connectivity index is 1.64. The zero-order valence-corrected chi connectivity index (χ0v) is 23.3. The predicted molar refractivity (Wildman–Crippen MR) is 150 cm³/mol. The first-order valence-electron chi connectivity index (χ1n) is 10.7. The van der Waals surface area contributed by atoms with E-state index in [2.05, 4.69) is 5.32 Å². The second-order valence-electron chi connectivity index (χ2n) is 7.66. The quantitative estimate of drug-likeness (QED) is 0.218. The summed E-state index contributed by atoms with van der Waals surface area (Å²) < 4.78 is 28.1. The fourth-order valence-corrected chi connectivity index (χ4v) is 6.42. The van der Waals surface area contributed by atoms with E-state index in [9.17, 15) is 13.2 Å². The Morgan fingerprint density at radius 3 is 2.31 bits per heavy atom. The molecule has 35 heavy (non-hydrogen) atoms. The summed E-state index contributed by atoms with van der Waals surface area (Å²) in [6.45, 7) is 2.01. The van der Waals surface area contributed by atoms with Crippen molar-refractivity contribution >= 4 is 68.3 Å². The highest BCUT2D eigenvalue weighted by molar-refractivity contribution is 7.98. The Hall–Kier alpha value is -1.84. The number of nitrogens with one attached hydrogen (secondary N) is 1. The van der Waals surface area contributed by atoms with Crippen LogP contribution in [0.1, 0.15) is 11.1 Å². The summed E-state index contributed by atoms with van der Waals surface area (Å²) in [5.74, 6) is 0.958. The van der Waals surface area contributed by atoms with Crippen molar-refractivity contribution in [1.29, 1.82) is 0 Å². The Kier molecular flexibility index (Phi) is 10.2. The van der Waals surface area contributed by atoms with E-state index in [1.54, 1.807) is 60.3 Å². The monoisotopic (exact) mass is 568 g/mol. The van der Waals surface area contributed by atoms with E-state index in [-0.39, 0.29) is 17.3 Å². The molecule has 0 spiro atoms. The first kappa shape index (κ1) is 27.7. The van der Waals surface area contributed by atoms with Crippen LogP contribution >= 0.6 is 46.7 Å². The van der Waals surface area contributed by atoms with Crippen molar-refractivity contribution in [3.05, 3.63) is 87.9 Å². The lowest BCUT2D eigenvalue weighted by Crippen LogP contribution is -2.41. The summed E-state index contributed by atoms with van der Waals surface area (Å²) >= 11 is 15.3. The summed E-state index contributed by atoms with van der Waals surface area (Å²) in [6.07, 6.45) is 1.93. The smallest absolute Gasteiger partial charge is 0.264 e. The number of benzene rings is 3. The number of amides is 1. The molecule has 0 atom stereocenters. The van der Waals surface area contributed by atoms with Crippen LogP contribution in [0.5, 0.6) is 0 Å². The van der Waals surface area contributed by atoms with Gasteiger partial charge in [-0.05, 0) is 67.3 Å². The molecule has 0 aliphatic rings. The van der Waals surface area contributed by atoms with Gasteiger partial charge in [-0.3, -0.25) is 9.10 Å². The molecule has 3 aromatic rings. The first-order chi connectivity index (χ1) is 16.7. The summed E-state index contributed by atoms with van der Waals surface area (Å²) in [7, 11) is -3.93. The number of carbonyl (C=O) groups is 1. The zero-order chi connectivity index (χ0) is 25.4. The molecule has 10 heteroatoms. The molecular weight excluding hydrogens is 543 g/mol. The molecule has 0 unspecified atom stereocenters. The van der Waals surface area contributed by atoms with Gasteiger partial charge in [0.2, 0.25) is 5.91 Å². The van der Waals surface area contributed by atoms with E-state index < -0.39 is 10.0 Å². The number of rotatable bonds is 11. The third kappa shape index (κ3) is 7.82. The first-order valence-corrected chi connectivity index (χ1v) is 15.3. The molecule has 1 amide bonds. The number of halogens is 2. The topological polar surface area (TPSA) is 66.5 Å². The van der Waals surface area contributed by atoms with Gasteiger partial charge >= 0.3 is 0 Å². The summed E-state index contributed by atoms with van der Waals surface area (Å²) in [5.41, 5.74) is 2.40. The Bertz CT molecular complexity index is 1250. The maximum absolute atomic E-state index is 13.5. The highest BCUT2D eigenvalue weighted by atomic mass is 35.5. The van der Waals surface area contributed by atoms with Crippen LogP contribution in [0.4, 0.5) is 5.69 Å². The summed E-state index contributed by atoms with van der Waals surface area (Å²) in [4.78, 5) is 13.8. The highest BCUT2D eigenvalue weighted by Crippen LogP contribution is 2.26. The van der Waals surface area contributed by atoms with E-state index >= 15 is 0 Å². The lowest BCUT2D eigenvalue weighted by molar-refractivity contribution is -0.119. The molecular formula is C25H26Cl2N2O3S3. The average molecular weight is 570 g/mol. The predicted octanol–water partition coefficient (Wildman–Crippen LogP) is 6.27. The zero-order valence-electron chi connectivity index (χ0n) is 19.3. The van der Waals surface area contributed by atoms with Gasteiger partial charge in [-0.2, -0.15) is 11.8 Å². The largest absolute Gasteiger partial charge is 0.354 e. The summed E-state index contributed by atoms with van der Waals surface area (Å²) in [5, 5.41) is 4.02. The van der Waals surface area contributed by atoms with Gasteiger partial charge in [-0.1, -0.05) is 47.0 Å². The van der Waals surface area contributed by atoms with Crippen molar-refractivity contribution < 1.29 is 13.2 Å². The molecule has 0 saturated carbocycles. The minimum absolute atomic E-state index is 0.138. The van der Waals surface area contributed by atoms with Crippen molar-refractivity contribution in [3.8, 4) is 0 Å². The highest BCUT2D eigenvalue weighted by Gasteiger charge is 2.27. The van der Waals surface area contributed by atoms with Crippen molar-refractivity contribution in [2.45, 2.75) is 22.5 Å². The molecule has 0 fully saturated rings. The SMILES string of the molecule is CSc1ccc(S(=O)(=O)N(CC(=O)NCCSCc2ccc(Cl)cc2Cl)c2ccc(C)cc2)cc1. The number of anilines is 1. The van der Waals surface area contributed by atoms with E-state index in [1.807, 2.05) is 31.4 Å². The number of thioether (sulfide) groups is 2. The molecule has 0 saturated heterocycles. The second kappa shape index (κ2) is 12.9. The van der Waals surface area contributed by atoms with E-state index in [0.717, 1.165) is 20.3 Å². The molecule has 186 valence electrons. The third-order valence-electron chi connectivity index (χ3n) is 5.10. The van der Waals surface area contributed by atoms with Crippen LogP contribution < -0.4 is 9.62 Å². The van der Waals surface area contributed by atoms with Gasteiger partial charge in [0.25, 0.3) is 10.0 Å². The van der Waals surface area contributed by atoms with Gasteiger partial charge in [0.15, 0.2) is 0 Å². The number of hydrogen-bond donors (Lipinski definition) is 1. The molecule has 0 bridgehead atoms. The number of nitrogens with zero attached hydrogens (tertiary/aromatic N) is 1. The van der Waals surface area contributed by atoms with Gasteiger partial charge in [0.1, 0.15) is 6.54 Å². The molecule has 0 aliphatic carbocycles. The van der Waals surface area contributed by atoms with Crippen LogP contribution in [0.2, 0.25) is 10.0 Å². The number of hydrogen-bond acceptors (Lipinski definition) is 5. The van der Waals surface area contributed by atoms with Crippen LogP contribution in [-0.4, -0.2) is 39.4 Å². The number of carbonyl (C=O) groups excluding carboxylic acids is 1. The standard InChI is InChI=1S/C25H26Cl2N2O3S3/c1-18-3-7-21(8-4-18)29(35(31,32)23-11-9-22(33-2)10-12-23)16-25(30)28-13-14-34-17-19-5-6-20(26)15-24(19)27/h3-12,15H,13-14,16-17H2,1-2H3,(H,28,30). The fourth-order valence-electron chi connectivity index (χ4n) is 3.17. The van der Waals surface area contributed by atoms with Crippen molar-refractivity contribution in [3.63, 3.8) is 0 Å². The lowest BCUT2D eigenvalue weighted by Gasteiger charge is -2.24. The van der Waals surface area contributed by atoms with Crippen molar-refractivity contribution in [1.82, 2.24) is 5.32 Å². The van der Waals surface area contributed by atoms with E-state index in [4.69, 9.17) is 23.2 Å². The maximum atomic E-state index is 13.5. The maximum Gasteiger partial charge on any atom is 0.264 e. The molecule has 0 heterocycles. The molecule has 0 aromatic heterocycles. The summed E-state index contributed by atoms with van der Waals surface area (Å²) in [6, 6.07) is 19.1. The number of sulfonamides is 1. The third-order valence-corrected chi connectivity index (χ3v) is 9.22. The second-order valence-corrected chi connectivity index (χ2v) is 12.4. The van der Waals surface area contributed by atoms with Gasteiger partial charge in [-0.15, -0.1) is 11.8 Å². The number of aryl methyl sites for hydroxylation is 1.